The SMILES string of the molecule is CC(C)C1=C2[C@H]3CC[C@@H]4[C@@]5(C)CC[C@H](OC(=O)CC(C)(C)C(=O)O)C6(C)C[C@]65CC[C@@]4(C)[C@]3(C)CCC2([C@@H]2CN(C3(c4ncc(Cl)cn4)CC3)C(=O)O2)CC1=O. The largest absolute Gasteiger partial charge is 0.481 e. The summed E-state index contributed by atoms with van der Waals surface area (Å²) in [6.45, 7) is 17.9. The zero-order valence-electron chi connectivity index (χ0n) is 34.6. The summed E-state index contributed by atoms with van der Waals surface area (Å²) >= 11 is 6.13. The second-order valence-corrected chi connectivity index (χ2v) is 21.9. The van der Waals surface area contributed by atoms with Crippen molar-refractivity contribution >= 4 is 35.4 Å². The van der Waals surface area contributed by atoms with Gasteiger partial charge in [0.05, 0.1) is 23.4 Å². The summed E-state index contributed by atoms with van der Waals surface area (Å²) in [4.78, 5) is 64.1. The Morgan fingerprint density at radius 1 is 0.946 bits per heavy atom. The number of ketones is 1. The highest BCUT2D eigenvalue weighted by Crippen LogP contribution is 2.87. The number of cyclic esters (lactones) is 1. The van der Waals surface area contributed by atoms with Crippen LogP contribution in [0.3, 0.4) is 0 Å². The maximum atomic E-state index is 14.3. The van der Waals surface area contributed by atoms with E-state index < -0.39 is 34.4 Å². The molecule has 0 radical (unpaired) electrons. The molecule has 6 saturated carbocycles. The normalized spacial score (nSPS) is 43.3. The molecule has 1 saturated heterocycles. The van der Waals surface area contributed by atoms with E-state index in [1.807, 2.05) is 4.90 Å². The van der Waals surface area contributed by atoms with Crippen molar-refractivity contribution in [2.45, 2.75) is 157 Å². The van der Waals surface area contributed by atoms with Crippen LogP contribution < -0.4 is 0 Å². The second kappa shape index (κ2) is 11.8. The van der Waals surface area contributed by atoms with Crippen LogP contribution in [0.5, 0.6) is 0 Å². The Hall–Kier alpha value is -3.01. The Morgan fingerprint density at radius 2 is 1.62 bits per heavy atom. The van der Waals surface area contributed by atoms with Gasteiger partial charge in [0.25, 0.3) is 0 Å². The minimum absolute atomic E-state index is 0.0315. The third-order valence-corrected chi connectivity index (χ3v) is 18.8. The lowest BCUT2D eigenvalue weighted by Crippen LogP contribution is -2.65. The maximum absolute atomic E-state index is 14.3. The van der Waals surface area contributed by atoms with Crippen LogP contribution in [0.4, 0.5) is 4.79 Å². The minimum Gasteiger partial charge on any atom is -0.481 e. The van der Waals surface area contributed by atoms with Crippen molar-refractivity contribution in [3.8, 4) is 0 Å². The van der Waals surface area contributed by atoms with Gasteiger partial charge in [0.1, 0.15) is 17.7 Å². The number of amides is 1. The highest BCUT2D eigenvalue weighted by molar-refractivity contribution is 6.30. The molecule has 7 fully saturated rings. The zero-order valence-corrected chi connectivity index (χ0v) is 35.3. The number of Topliss-reactive ketones (excluding diaryl/α,β-unsaturated/α-hetero) is 1. The summed E-state index contributed by atoms with van der Waals surface area (Å²) in [5.74, 6) is 0.219. The number of esters is 1. The smallest absolute Gasteiger partial charge is 0.411 e. The van der Waals surface area contributed by atoms with E-state index in [1.165, 1.54) is 5.57 Å². The van der Waals surface area contributed by atoms with E-state index in [9.17, 15) is 24.3 Å². The highest BCUT2D eigenvalue weighted by Gasteiger charge is 2.82. The molecule has 2 unspecified atom stereocenters. The molecule has 7 aliphatic carbocycles. The lowest BCUT2D eigenvalue weighted by molar-refractivity contribution is -0.220. The predicted molar refractivity (Wildman–Crippen MR) is 208 cm³/mol. The number of ether oxygens (including phenoxy) is 2. The van der Waals surface area contributed by atoms with Gasteiger partial charge in [-0.05, 0) is 135 Å². The van der Waals surface area contributed by atoms with Crippen LogP contribution in [0.1, 0.15) is 145 Å². The Morgan fingerprint density at radius 3 is 2.27 bits per heavy atom. The molecule has 304 valence electrons. The number of aliphatic carboxylic acids is 1. The standard InChI is InChI=1S/C45H60ClN3O7/c1-25(2)33-28(50)19-43(31-23-49(37(54)56-31)44(16-17-44)35-47-21-26(46)22-48-35)15-13-39(5)27(34(33)43)9-10-29-40(39,6)14-18-45-24-42(45,8)30(11-12-41(29,45)7)55-32(51)20-38(3,4)36(52)53/h21-22,25,27,29-31H,9-20,23-24H2,1-8H3,(H,52,53)/t27-,29+,30+,31+,39-,40-,41-,42?,43?,45+/m1/s1. The quantitative estimate of drug-likeness (QED) is 0.256. The molecule has 10 nitrogen and oxygen atoms in total. The Bertz CT molecular complexity index is 1960. The zero-order chi connectivity index (χ0) is 40.2. The Kier molecular flexibility index (Phi) is 8.12. The van der Waals surface area contributed by atoms with E-state index in [4.69, 9.17) is 21.1 Å². The maximum Gasteiger partial charge on any atom is 0.411 e. The first kappa shape index (κ1) is 38.5. The van der Waals surface area contributed by atoms with Gasteiger partial charge in [-0.25, -0.2) is 14.8 Å². The van der Waals surface area contributed by atoms with E-state index in [2.05, 4.69) is 51.5 Å². The number of halogens is 1. The summed E-state index contributed by atoms with van der Waals surface area (Å²) in [6, 6.07) is 0. The number of rotatable bonds is 8. The number of allylic oxidation sites excluding steroid dienone is 1. The van der Waals surface area contributed by atoms with Crippen molar-refractivity contribution in [1.82, 2.24) is 14.9 Å². The van der Waals surface area contributed by atoms with E-state index in [0.717, 1.165) is 76.2 Å². The van der Waals surface area contributed by atoms with Crippen LogP contribution in [0, 0.1) is 55.7 Å². The molecule has 0 bridgehead atoms. The van der Waals surface area contributed by atoms with Gasteiger partial charge in [-0.1, -0.05) is 53.1 Å². The van der Waals surface area contributed by atoms with E-state index in [0.29, 0.717) is 29.7 Å². The average molecular weight is 790 g/mol. The van der Waals surface area contributed by atoms with Crippen molar-refractivity contribution in [2.75, 3.05) is 6.54 Å². The monoisotopic (exact) mass is 789 g/mol. The average Bonchev–Trinajstić information content (AvgIpc) is 3.96. The van der Waals surface area contributed by atoms with Crippen LogP contribution >= 0.6 is 11.6 Å². The molecule has 1 N–H and O–H groups in total. The summed E-state index contributed by atoms with van der Waals surface area (Å²) in [7, 11) is 0. The molecule has 1 aromatic heterocycles. The molecule has 11 heteroatoms. The highest BCUT2D eigenvalue weighted by atomic mass is 35.5. The summed E-state index contributed by atoms with van der Waals surface area (Å²) in [6.07, 6.45) is 12.9. The van der Waals surface area contributed by atoms with Gasteiger partial charge < -0.3 is 14.6 Å². The third-order valence-electron chi connectivity index (χ3n) is 18.6. The van der Waals surface area contributed by atoms with Crippen molar-refractivity contribution in [2.24, 2.45) is 55.7 Å². The lowest BCUT2D eigenvalue weighted by Gasteiger charge is -2.71. The molecule has 10 atom stereocenters. The van der Waals surface area contributed by atoms with Crippen LogP contribution in [-0.4, -0.2) is 62.5 Å². The molecule has 8 aliphatic rings. The van der Waals surface area contributed by atoms with Crippen molar-refractivity contribution in [3.05, 3.63) is 34.4 Å². The van der Waals surface area contributed by atoms with Gasteiger partial charge in [-0.2, -0.15) is 0 Å². The number of carbonyl (C=O) groups excluding carboxylic acids is 3. The molecule has 1 aliphatic heterocycles. The Balaban J connectivity index is 1.01. The molecular formula is C45H60ClN3O7. The van der Waals surface area contributed by atoms with Crippen LogP contribution in [-0.2, 0) is 29.4 Å². The van der Waals surface area contributed by atoms with Gasteiger partial charge in [-0.3, -0.25) is 19.3 Å². The molecule has 2 heterocycles. The van der Waals surface area contributed by atoms with Crippen molar-refractivity contribution < 1.29 is 33.8 Å². The number of carbonyl (C=O) groups is 4. The van der Waals surface area contributed by atoms with Gasteiger partial charge >= 0.3 is 18.0 Å². The van der Waals surface area contributed by atoms with E-state index in [-0.39, 0.29) is 63.3 Å². The molecule has 1 aromatic rings. The number of fused-ring (bicyclic) bond motifs is 6. The number of carboxylic acid groups (broad SMARTS) is 1. The first-order valence-electron chi connectivity index (χ1n) is 21.3. The Labute approximate surface area is 336 Å². The summed E-state index contributed by atoms with van der Waals surface area (Å²) < 4.78 is 12.7. The molecule has 9 rings (SSSR count). The van der Waals surface area contributed by atoms with Crippen LogP contribution in [0.2, 0.25) is 5.02 Å². The van der Waals surface area contributed by atoms with E-state index >= 15 is 0 Å². The predicted octanol–water partition coefficient (Wildman–Crippen LogP) is 9.09. The first-order valence-corrected chi connectivity index (χ1v) is 21.7. The molecule has 0 aromatic carbocycles. The first-order chi connectivity index (χ1) is 26.1. The van der Waals surface area contributed by atoms with Crippen LogP contribution in [0.25, 0.3) is 0 Å². The summed E-state index contributed by atoms with van der Waals surface area (Å²) in [5, 5.41) is 10.1. The van der Waals surface area contributed by atoms with Gasteiger partial charge in [0, 0.05) is 29.6 Å². The number of nitrogens with zero attached hydrogens (tertiary/aromatic N) is 3. The number of hydrogen-bond acceptors (Lipinski definition) is 8. The molecule has 1 amide bonds. The molecule has 56 heavy (non-hydrogen) atoms. The third kappa shape index (κ3) is 4.74. The minimum atomic E-state index is -1.17. The van der Waals surface area contributed by atoms with Crippen molar-refractivity contribution in [1.29, 1.82) is 0 Å². The summed E-state index contributed by atoms with van der Waals surface area (Å²) in [5.41, 5.74) is 0.0399. The van der Waals surface area contributed by atoms with E-state index in [1.54, 1.807) is 26.2 Å². The molecule has 1 spiro atoms. The fourth-order valence-corrected chi connectivity index (χ4v) is 15.2. The van der Waals surface area contributed by atoms with Gasteiger partial charge in [0.2, 0.25) is 0 Å². The lowest BCUT2D eigenvalue weighted by atomic mass is 9.33. The number of carboxylic acids is 1. The van der Waals surface area contributed by atoms with Gasteiger partial charge in [0.15, 0.2) is 11.6 Å². The van der Waals surface area contributed by atoms with Gasteiger partial charge in [-0.15, -0.1) is 0 Å². The second-order valence-electron chi connectivity index (χ2n) is 21.5. The fraction of sp³-hybridized carbons (Fsp3) is 0.778. The van der Waals surface area contributed by atoms with Crippen molar-refractivity contribution in [3.63, 3.8) is 0 Å². The molecular weight excluding hydrogens is 730 g/mol. The van der Waals surface area contributed by atoms with Crippen LogP contribution in [0.15, 0.2) is 23.5 Å². The topological polar surface area (TPSA) is 136 Å². The number of aromatic nitrogens is 2. The number of hydrogen-bond donors (Lipinski definition) is 1. The fourth-order valence-electron chi connectivity index (χ4n) is 15.1.